The van der Waals surface area contributed by atoms with E-state index in [0.717, 1.165) is 10.5 Å². The fraction of sp³-hybridized carbons (Fsp3) is 1.00. The molecule has 0 N–H and O–H groups in total. The molecule has 2 atom stereocenters. The Kier molecular flexibility index (Phi) is 6.50. The van der Waals surface area contributed by atoms with Crippen molar-refractivity contribution >= 4 is 47.0 Å². The highest BCUT2D eigenvalue weighted by atomic mass is 32.2. The molecule has 1 aliphatic heterocycles. The zero-order chi connectivity index (χ0) is 8.81. The van der Waals surface area contributed by atoms with E-state index in [-0.39, 0.29) is 0 Å². The van der Waals surface area contributed by atoms with Gasteiger partial charge in [-0.15, -0.1) is 0 Å². The molecule has 0 nitrogen and oxygen atoms in total. The third-order valence-corrected chi connectivity index (χ3v) is 6.86. The molecule has 12 heavy (non-hydrogen) atoms. The summed E-state index contributed by atoms with van der Waals surface area (Å²) in [6.45, 7) is 0. The molecule has 0 aromatic carbocycles. The average Bonchev–Trinajstić information content (AvgIpc) is 2.09. The van der Waals surface area contributed by atoms with Gasteiger partial charge in [-0.3, -0.25) is 0 Å². The molecule has 0 radical (unpaired) electrons. The highest BCUT2D eigenvalue weighted by Gasteiger charge is 2.20. The molecule has 0 saturated carbocycles. The van der Waals surface area contributed by atoms with E-state index >= 15 is 0 Å². The first-order chi connectivity index (χ1) is 5.86. The van der Waals surface area contributed by atoms with Crippen LogP contribution in [0.4, 0.5) is 0 Å². The zero-order valence-electron chi connectivity index (χ0n) is 7.62. The smallest absolute Gasteiger partial charge is 0.0229 e. The van der Waals surface area contributed by atoms with Gasteiger partial charge in [0.1, 0.15) is 0 Å². The summed E-state index contributed by atoms with van der Waals surface area (Å²) in [5.74, 6) is 5.42. The fourth-order valence-electron chi connectivity index (χ4n) is 1.15. The molecule has 0 amide bonds. The molecule has 4 heteroatoms. The maximum atomic E-state index is 2.21. The highest BCUT2D eigenvalue weighted by Crippen LogP contribution is 2.32. The van der Waals surface area contributed by atoms with Crippen molar-refractivity contribution in [3.8, 4) is 0 Å². The zero-order valence-corrected chi connectivity index (χ0v) is 10.9. The van der Waals surface area contributed by atoms with Crippen LogP contribution in [0, 0.1) is 0 Å². The van der Waals surface area contributed by atoms with Gasteiger partial charge in [0.2, 0.25) is 0 Å². The number of thioether (sulfide) groups is 4. The van der Waals surface area contributed by atoms with Crippen molar-refractivity contribution < 1.29 is 0 Å². The summed E-state index contributed by atoms with van der Waals surface area (Å²) < 4.78 is 0. The topological polar surface area (TPSA) is 0 Å². The third-order valence-electron chi connectivity index (χ3n) is 1.74. The summed E-state index contributed by atoms with van der Waals surface area (Å²) in [7, 11) is 0. The SMILES string of the molecule is CSCC1CSC(CSC)CS1. The van der Waals surface area contributed by atoms with E-state index in [4.69, 9.17) is 0 Å². The highest BCUT2D eigenvalue weighted by molar-refractivity contribution is 8.09. The first kappa shape index (κ1) is 11.5. The quantitative estimate of drug-likeness (QED) is 0.740. The van der Waals surface area contributed by atoms with E-state index < -0.39 is 0 Å². The van der Waals surface area contributed by atoms with Crippen molar-refractivity contribution in [3.63, 3.8) is 0 Å². The molecule has 0 aromatic heterocycles. The van der Waals surface area contributed by atoms with E-state index in [1.807, 2.05) is 23.5 Å². The van der Waals surface area contributed by atoms with Gasteiger partial charge in [-0.2, -0.15) is 47.0 Å². The Bertz CT molecular complexity index is 95.6. The monoisotopic (exact) mass is 240 g/mol. The molecule has 2 unspecified atom stereocenters. The molecule has 1 aliphatic rings. The molecule has 72 valence electrons. The maximum Gasteiger partial charge on any atom is 0.0229 e. The van der Waals surface area contributed by atoms with Crippen molar-refractivity contribution in [1.82, 2.24) is 0 Å². The minimum Gasteiger partial charge on any atom is -0.164 e. The van der Waals surface area contributed by atoms with Crippen LogP contribution in [0.25, 0.3) is 0 Å². The number of rotatable bonds is 4. The molecule has 0 aromatic rings. The van der Waals surface area contributed by atoms with E-state index in [1.54, 1.807) is 0 Å². The molecule has 1 rings (SSSR count). The van der Waals surface area contributed by atoms with Crippen LogP contribution in [0.15, 0.2) is 0 Å². The van der Waals surface area contributed by atoms with Gasteiger partial charge < -0.3 is 0 Å². The summed E-state index contributed by atoms with van der Waals surface area (Å²) in [5.41, 5.74) is 0. The summed E-state index contributed by atoms with van der Waals surface area (Å²) in [6.07, 6.45) is 4.42. The molecule has 0 bridgehead atoms. The number of hydrogen-bond acceptors (Lipinski definition) is 4. The lowest BCUT2D eigenvalue weighted by atomic mass is 10.5. The first-order valence-corrected chi connectivity index (χ1v) is 8.96. The van der Waals surface area contributed by atoms with Gasteiger partial charge in [0.05, 0.1) is 0 Å². The fourth-order valence-corrected chi connectivity index (χ4v) is 6.46. The molecule has 1 fully saturated rings. The van der Waals surface area contributed by atoms with Crippen LogP contribution in [-0.2, 0) is 0 Å². The minimum atomic E-state index is 0.920. The van der Waals surface area contributed by atoms with Gasteiger partial charge in [-0.05, 0) is 12.5 Å². The second kappa shape index (κ2) is 6.80. The van der Waals surface area contributed by atoms with Crippen LogP contribution >= 0.6 is 47.0 Å². The molecule has 0 aliphatic carbocycles. The largest absolute Gasteiger partial charge is 0.164 e. The second-order valence-corrected chi connectivity index (χ2v) is 7.31. The summed E-state index contributed by atoms with van der Waals surface area (Å²) in [6, 6.07) is 0. The second-order valence-electron chi connectivity index (χ2n) is 2.82. The van der Waals surface area contributed by atoms with E-state index in [1.165, 1.54) is 23.0 Å². The molecule has 1 saturated heterocycles. The summed E-state index contributed by atoms with van der Waals surface area (Å²) in [5, 5.41) is 1.84. The van der Waals surface area contributed by atoms with E-state index in [0.29, 0.717) is 0 Å². The molecular weight excluding hydrogens is 224 g/mol. The summed E-state index contributed by atoms with van der Waals surface area (Å²) >= 11 is 8.33. The molecule has 1 heterocycles. The lowest BCUT2D eigenvalue weighted by Gasteiger charge is -2.26. The van der Waals surface area contributed by atoms with Crippen molar-refractivity contribution in [2.45, 2.75) is 10.5 Å². The summed E-state index contributed by atoms with van der Waals surface area (Å²) in [4.78, 5) is 0. The van der Waals surface area contributed by atoms with Crippen molar-refractivity contribution in [2.75, 3.05) is 35.5 Å². The van der Waals surface area contributed by atoms with Crippen LogP contribution < -0.4 is 0 Å². The van der Waals surface area contributed by atoms with E-state index in [9.17, 15) is 0 Å². The van der Waals surface area contributed by atoms with Crippen LogP contribution in [0.2, 0.25) is 0 Å². The first-order valence-electron chi connectivity index (χ1n) is 4.08. The number of hydrogen-bond donors (Lipinski definition) is 0. The molecule has 0 spiro atoms. The third kappa shape index (κ3) is 4.07. The predicted molar refractivity (Wildman–Crippen MR) is 69.3 cm³/mol. The Morgan fingerprint density at radius 2 is 1.42 bits per heavy atom. The van der Waals surface area contributed by atoms with E-state index in [2.05, 4.69) is 36.0 Å². The normalized spacial score (nSPS) is 30.5. The van der Waals surface area contributed by atoms with Gasteiger partial charge in [-0.1, -0.05) is 0 Å². The van der Waals surface area contributed by atoms with Crippen LogP contribution in [0.3, 0.4) is 0 Å². The predicted octanol–water partition coefficient (Wildman–Crippen LogP) is 2.93. The average molecular weight is 240 g/mol. The van der Waals surface area contributed by atoms with Crippen LogP contribution in [0.5, 0.6) is 0 Å². The standard InChI is InChI=1S/C8H16S4/c1-9-3-7-5-12-8(4-10-2)6-11-7/h7-8H,3-6H2,1-2H3. The van der Waals surface area contributed by atoms with Crippen molar-refractivity contribution in [1.29, 1.82) is 0 Å². The van der Waals surface area contributed by atoms with Gasteiger partial charge in [0.15, 0.2) is 0 Å². The van der Waals surface area contributed by atoms with Crippen molar-refractivity contribution in [2.24, 2.45) is 0 Å². The van der Waals surface area contributed by atoms with Gasteiger partial charge in [0.25, 0.3) is 0 Å². The lowest BCUT2D eigenvalue weighted by molar-refractivity contribution is 1.06. The van der Waals surface area contributed by atoms with Gasteiger partial charge in [0, 0.05) is 33.5 Å². The lowest BCUT2D eigenvalue weighted by Crippen LogP contribution is -2.24. The Morgan fingerprint density at radius 3 is 1.67 bits per heavy atom. The van der Waals surface area contributed by atoms with Gasteiger partial charge >= 0.3 is 0 Å². The Morgan fingerprint density at radius 1 is 1.00 bits per heavy atom. The Hall–Kier alpha value is 1.40. The maximum absolute atomic E-state index is 2.21. The molecular formula is C8H16S4. The van der Waals surface area contributed by atoms with Gasteiger partial charge in [-0.25, -0.2) is 0 Å². The Labute approximate surface area is 92.8 Å². The Balaban J connectivity index is 2.11. The van der Waals surface area contributed by atoms with Crippen LogP contribution in [-0.4, -0.2) is 46.0 Å². The van der Waals surface area contributed by atoms with Crippen LogP contribution in [0.1, 0.15) is 0 Å². The minimum absolute atomic E-state index is 0.920. The van der Waals surface area contributed by atoms with Crippen molar-refractivity contribution in [3.05, 3.63) is 0 Å².